The second kappa shape index (κ2) is 7.07. The van der Waals surface area contributed by atoms with E-state index >= 15 is 0 Å². The molecule has 3 heteroatoms. The fourth-order valence-electron chi connectivity index (χ4n) is 1.56. The minimum absolute atomic E-state index is 0.278. The Labute approximate surface area is 102 Å². The van der Waals surface area contributed by atoms with Crippen molar-refractivity contribution in [2.75, 3.05) is 13.2 Å². The monoisotopic (exact) mass is 237 g/mol. The lowest BCUT2D eigenvalue weighted by Crippen LogP contribution is -2.14. The molecule has 0 bridgehead atoms. The van der Waals surface area contributed by atoms with Crippen LogP contribution in [0.2, 0.25) is 0 Å². The quantitative estimate of drug-likeness (QED) is 0.580. The lowest BCUT2D eigenvalue weighted by molar-refractivity contribution is 0.297. The van der Waals surface area contributed by atoms with Crippen LogP contribution >= 0.6 is 0 Å². The number of ether oxygens (including phenoxy) is 1. The molecule has 2 nitrogen and oxygen atoms in total. The lowest BCUT2D eigenvalue weighted by Gasteiger charge is -2.10. The van der Waals surface area contributed by atoms with E-state index < -0.39 is 0 Å². The third-order valence-corrected chi connectivity index (χ3v) is 2.41. The van der Waals surface area contributed by atoms with E-state index in [1.807, 2.05) is 13.0 Å². The van der Waals surface area contributed by atoms with E-state index in [2.05, 4.69) is 18.8 Å². The highest BCUT2D eigenvalue weighted by atomic mass is 19.1. The van der Waals surface area contributed by atoms with Crippen LogP contribution in [0.5, 0.6) is 0 Å². The van der Waals surface area contributed by atoms with Gasteiger partial charge < -0.3 is 10.1 Å². The fraction of sp³-hybridized carbons (Fsp3) is 0.429. The van der Waals surface area contributed by atoms with Gasteiger partial charge in [0, 0.05) is 6.54 Å². The van der Waals surface area contributed by atoms with Crippen molar-refractivity contribution in [3.63, 3.8) is 0 Å². The standard InChI is InChI=1S/C14H20FNO/c1-4-8-16-10-12-6-7-13(14(15)9-12)11(3)17-5-2/h6-7,9,16H,3-5,8,10H2,1-2H3. The van der Waals surface area contributed by atoms with Crippen molar-refractivity contribution in [2.24, 2.45) is 0 Å². The highest BCUT2D eigenvalue weighted by Crippen LogP contribution is 2.19. The summed E-state index contributed by atoms with van der Waals surface area (Å²) in [5.74, 6) is 0.109. The van der Waals surface area contributed by atoms with E-state index in [-0.39, 0.29) is 5.82 Å². The average molecular weight is 237 g/mol. The smallest absolute Gasteiger partial charge is 0.134 e. The molecule has 0 radical (unpaired) electrons. The van der Waals surface area contributed by atoms with Gasteiger partial charge in [0.1, 0.15) is 11.6 Å². The number of rotatable bonds is 7. The fourth-order valence-corrected chi connectivity index (χ4v) is 1.56. The van der Waals surface area contributed by atoms with Gasteiger partial charge in [-0.3, -0.25) is 0 Å². The number of halogens is 1. The zero-order valence-electron chi connectivity index (χ0n) is 10.6. The third-order valence-electron chi connectivity index (χ3n) is 2.41. The van der Waals surface area contributed by atoms with Crippen LogP contribution < -0.4 is 5.32 Å². The van der Waals surface area contributed by atoms with Crippen LogP contribution in [0.3, 0.4) is 0 Å². The van der Waals surface area contributed by atoms with Gasteiger partial charge in [-0.1, -0.05) is 19.6 Å². The van der Waals surface area contributed by atoms with Crippen molar-refractivity contribution in [1.29, 1.82) is 0 Å². The lowest BCUT2D eigenvalue weighted by atomic mass is 10.1. The van der Waals surface area contributed by atoms with Crippen molar-refractivity contribution >= 4 is 5.76 Å². The molecule has 0 aliphatic heterocycles. The molecular weight excluding hydrogens is 217 g/mol. The normalized spacial score (nSPS) is 10.3. The molecule has 0 saturated carbocycles. The topological polar surface area (TPSA) is 21.3 Å². The van der Waals surface area contributed by atoms with Gasteiger partial charge in [0.2, 0.25) is 0 Å². The number of hydrogen-bond donors (Lipinski definition) is 1. The third kappa shape index (κ3) is 4.19. The maximum absolute atomic E-state index is 13.8. The molecule has 1 aromatic rings. The van der Waals surface area contributed by atoms with Crippen LogP contribution in [0, 0.1) is 5.82 Å². The Kier molecular flexibility index (Phi) is 5.70. The van der Waals surface area contributed by atoms with Gasteiger partial charge in [-0.05, 0) is 37.6 Å². The number of benzene rings is 1. The summed E-state index contributed by atoms with van der Waals surface area (Å²) in [7, 11) is 0. The summed E-state index contributed by atoms with van der Waals surface area (Å²) >= 11 is 0. The molecule has 1 rings (SSSR count). The van der Waals surface area contributed by atoms with Crippen molar-refractivity contribution in [3.05, 3.63) is 41.7 Å². The van der Waals surface area contributed by atoms with Gasteiger partial charge in [-0.25, -0.2) is 4.39 Å². The molecule has 94 valence electrons. The summed E-state index contributed by atoms with van der Waals surface area (Å²) in [5, 5.41) is 3.23. The second-order valence-electron chi connectivity index (χ2n) is 3.85. The van der Waals surface area contributed by atoms with E-state index in [4.69, 9.17) is 4.74 Å². The van der Waals surface area contributed by atoms with Gasteiger partial charge in [0.25, 0.3) is 0 Å². The van der Waals surface area contributed by atoms with Crippen LogP contribution in [0.1, 0.15) is 31.4 Å². The molecule has 0 spiro atoms. The zero-order valence-corrected chi connectivity index (χ0v) is 10.6. The van der Waals surface area contributed by atoms with Crippen LogP contribution in [0.15, 0.2) is 24.8 Å². The molecule has 0 saturated heterocycles. The summed E-state index contributed by atoms with van der Waals surface area (Å²) in [4.78, 5) is 0. The molecule has 1 N–H and O–H groups in total. The largest absolute Gasteiger partial charge is 0.494 e. The van der Waals surface area contributed by atoms with Crippen LogP contribution in [0.25, 0.3) is 5.76 Å². The first-order valence-corrected chi connectivity index (χ1v) is 6.00. The van der Waals surface area contributed by atoms with Crippen LogP contribution in [0.4, 0.5) is 4.39 Å². The molecule has 0 aliphatic carbocycles. The predicted molar refractivity (Wildman–Crippen MR) is 69.1 cm³/mol. The average Bonchev–Trinajstić information content (AvgIpc) is 2.29. The molecule has 0 atom stereocenters. The maximum atomic E-state index is 13.8. The van der Waals surface area contributed by atoms with Crippen molar-refractivity contribution in [3.8, 4) is 0 Å². The van der Waals surface area contributed by atoms with E-state index in [0.29, 0.717) is 24.5 Å². The van der Waals surface area contributed by atoms with Crippen LogP contribution in [-0.4, -0.2) is 13.2 Å². The molecular formula is C14H20FNO. The molecule has 0 aliphatic rings. The van der Waals surface area contributed by atoms with E-state index in [0.717, 1.165) is 18.5 Å². The van der Waals surface area contributed by atoms with Gasteiger partial charge in [-0.2, -0.15) is 0 Å². The molecule has 1 aromatic carbocycles. The molecule has 17 heavy (non-hydrogen) atoms. The Bertz CT molecular complexity index is 376. The molecule has 0 fully saturated rings. The minimum atomic E-state index is -0.278. The van der Waals surface area contributed by atoms with E-state index in [1.54, 1.807) is 6.07 Å². The van der Waals surface area contributed by atoms with Crippen molar-refractivity contribution < 1.29 is 9.13 Å². The van der Waals surface area contributed by atoms with E-state index in [1.165, 1.54) is 6.07 Å². The summed E-state index contributed by atoms with van der Waals surface area (Å²) in [6.07, 6.45) is 1.07. The minimum Gasteiger partial charge on any atom is -0.494 e. The Morgan fingerprint density at radius 3 is 2.76 bits per heavy atom. The maximum Gasteiger partial charge on any atom is 0.134 e. The number of hydrogen-bond acceptors (Lipinski definition) is 2. The van der Waals surface area contributed by atoms with Gasteiger partial charge in [0.15, 0.2) is 0 Å². The molecule has 0 unspecified atom stereocenters. The Hall–Kier alpha value is -1.35. The Balaban J connectivity index is 2.68. The van der Waals surface area contributed by atoms with Crippen molar-refractivity contribution in [1.82, 2.24) is 5.32 Å². The molecule has 0 heterocycles. The second-order valence-corrected chi connectivity index (χ2v) is 3.85. The Morgan fingerprint density at radius 1 is 1.41 bits per heavy atom. The first-order valence-electron chi connectivity index (χ1n) is 6.00. The summed E-state index contributed by atoms with van der Waals surface area (Å²) in [5.41, 5.74) is 1.37. The first kappa shape index (κ1) is 13.7. The van der Waals surface area contributed by atoms with Gasteiger partial charge in [0.05, 0.1) is 12.2 Å². The summed E-state index contributed by atoms with van der Waals surface area (Å²) in [6.45, 7) is 9.78. The SMILES string of the molecule is C=C(OCC)c1ccc(CNCCC)cc1F. The van der Waals surface area contributed by atoms with Crippen molar-refractivity contribution in [2.45, 2.75) is 26.8 Å². The molecule has 0 aromatic heterocycles. The summed E-state index contributed by atoms with van der Waals surface area (Å²) in [6, 6.07) is 5.14. The molecule has 0 amide bonds. The number of nitrogens with one attached hydrogen (secondary N) is 1. The van der Waals surface area contributed by atoms with Gasteiger partial charge in [-0.15, -0.1) is 0 Å². The summed E-state index contributed by atoms with van der Waals surface area (Å²) < 4.78 is 19.0. The highest BCUT2D eigenvalue weighted by molar-refractivity contribution is 5.58. The zero-order chi connectivity index (χ0) is 12.7. The van der Waals surface area contributed by atoms with Crippen LogP contribution in [-0.2, 0) is 11.3 Å². The van der Waals surface area contributed by atoms with Gasteiger partial charge >= 0.3 is 0 Å². The first-order chi connectivity index (χ1) is 8.19. The predicted octanol–water partition coefficient (Wildman–Crippen LogP) is 3.33. The van der Waals surface area contributed by atoms with E-state index in [9.17, 15) is 4.39 Å². The highest BCUT2D eigenvalue weighted by Gasteiger charge is 2.07. The Morgan fingerprint density at radius 2 is 2.18 bits per heavy atom.